The molecule has 0 rings (SSSR count). The predicted octanol–water partition coefficient (Wildman–Crippen LogP) is 3.54. The summed E-state index contributed by atoms with van der Waals surface area (Å²) < 4.78 is 5.15. The minimum Gasteiger partial charge on any atom is -0.461 e. The lowest BCUT2D eigenvalue weighted by Gasteiger charge is -2.25. The number of hydrogen-bond acceptors (Lipinski definition) is 4. The monoisotopic (exact) mass is 313 g/mol. The molecule has 0 spiro atoms. The van der Waals surface area contributed by atoms with Crippen LogP contribution < -0.4 is 0 Å². The summed E-state index contributed by atoms with van der Waals surface area (Å²) in [6.45, 7) is 8.85. The van der Waals surface area contributed by atoms with Gasteiger partial charge in [-0.2, -0.15) is 0 Å². The summed E-state index contributed by atoms with van der Waals surface area (Å²) in [5.74, 6) is -0.292. The van der Waals surface area contributed by atoms with E-state index >= 15 is 0 Å². The minimum atomic E-state index is -0.292. The minimum absolute atomic E-state index is 0.280. The molecule has 0 fully saturated rings. The first-order chi connectivity index (χ1) is 10.6. The summed E-state index contributed by atoms with van der Waals surface area (Å²) in [5.41, 5.74) is 0. The Labute approximate surface area is 136 Å². The molecule has 0 aliphatic heterocycles. The van der Waals surface area contributed by atoms with Crippen LogP contribution in [0.4, 0.5) is 0 Å². The smallest absolute Gasteiger partial charge is 0.330 e. The lowest BCUT2D eigenvalue weighted by molar-refractivity contribution is -0.138. The molecule has 0 aromatic carbocycles. The molecule has 0 radical (unpaired) electrons. The van der Waals surface area contributed by atoms with E-state index in [2.05, 4.69) is 18.7 Å². The van der Waals surface area contributed by atoms with Gasteiger partial charge in [0.2, 0.25) is 0 Å². The summed E-state index contributed by atoms with van der Waals surface area (Å²) in [6.07, 6.45) is 10.7. The third-order valence-corrected chi connectivity index (χ3v) is 3.64. The molecule has 0 aromatic rings. The number of aliphatic hydroxyl groups is 1. The number of carbonyl (C=O) groups excluding carboxylic acids is 1. The van der Waals surface area contributed by atoms with Crippen LogP contribution in [0.2, 0.25) is 0 Å². The number of carbonyl (C=O) groups is 1. The van der Waals surface area contributed by atoms with Crippen LogP contribution in [0.3, 0.4) is 0 Å². The van der Waals surface area contributed by atoms with E-state index in [0.717, 1.165) is 32.2 Å². The number of nitrogens with zero attached hydrogens (tertiary/aromatic N) is 1. The van der Waals surface area contributed by atoms with Gasteiger partial charge in [0.1, 0.15) is 6.61 Å². The maximum atomic E-state index is 11.3. The van der Waals surface area contributed by atoms with Crippen molar-refractivity contribution >= 4 is 5.97 Å². The molecule has 22 heavy (non-hydrogen) atoms. The number of aliphatic hydroxyl groups excluding tert-OH is 1. The zero-order chi connectivity index (χ0) is 16.6. The third kappa shape index (κ3) is 12.8. The van der Waals surface area contributed by atoms with Crippen molar-refractivity contribution in [3.8, 4) is 0 Å². The number of rotatable bonds is 14. The zero-order valence-electron chi connectivity index (χ0n) is 14.7. The Hall–Kier alpha value is -0.870. The Morgan fingerprint density at radius 2 is 1.86 bits per heavy atom. The lowest BCUT2D eigenvalue weighted by atomic mass is 10.1. The number of hydrogen-bond donors (Lipinski definition) is 1. The maximum Gasteiger partial charge on any atom is 0.330 e. The summed E-state index contributed by atoms with van der Waals surface area (Å²) in [4.78, 5) is 13.5. The lowest BCUT2D eigenvalue weighted by Crippen LogP contribution is -2.36. The van der Waals surface area contributed by atoms with Gasteiger partial charge in [0.05, 0.1) is 6.10 Å². The molecule has 0 saturated heterocycles. The van der Waals surface area contributed by atoms with E-state index in [4.69, 9.17) is 4.74 Å². The van der Waals surface area contributed by atoms with Crippen LogP contribution in [0.15, 0.2) is 12.2 Å². The average Bonchev–Trinajstić information content (AvgIpc) is 2.49. The highest BCUT2D eigenvalue weighted by atomic mass is 16.5. The highest BCUT2D eigenvalue weighted by Crippen LogP contribution is 2.06. The van der Waals surface area contributed by atoms with Gasteiger partial charge in [0.15, 0.2) is 0 Å². The fourth-order valence-electron chi connectivity index (χ4n) is 2.35. The molecule has 0 amide bonds. The fraction of sp³-hybridized carbons (Fsp3) is 0.833. The first-order valence-corrected chi connectivity index (χ1v) is 8.83. The Morgan fingerprint density at radius 3 is 2.50 bits per heavy atom. The first-order valence-electron chi connectivity index (χ1n) is 8.83. The number of esters is 1. The number of unbranched alkanes of at least 4 members (excludes halogenated alkanes) is 4. The topological polar surface area (TPSA) is 49.8 Å². The molecular weight excluding hydrogens is 278 g/mol. The van der Waals surface area contributed by atoms with E-state index in [1.807, 2.05) is 0 Å². The summed E-state index contributed by atoms with van der Waals surface area (Å²) in [6, 6.07) is 0. The molecule has 0 bridgehead atoms. The molecule has 0 saturated carbocycles. The van der Waals surface area contributed by atoms with Crippen LogP contribution in [0.25, 0.3) is 0 Å². The average molecular weight is 313 g/mol. The Morgan fingerprint density at radius 1 is 1.14 bits per heavy atom. The second kappa shape index (κ2) is 15.0. The number of allylic oxidation sites excluding steroid dienone is 1. The van der Waals surface area contributed by atoms with E-state index in [9.17, 15) is 9.90 Å². The van der Waals surface area contributed by atoms with Crippen molar-refractivity contribution in [3.63, 3.8) is 0 Å². The second-order valence-corrected chi connectivity index (χ2v) is 5.82. The highest BCUT2D eigenvalue weighted by molar-refractivity contribution is 5.81. The molecule has 0 aromatic heterocycles. The molecular formula is C18H35NO3. The van der Waals surface area contributed by atoms with Gasteiger partial charge in [0.25, 0.3) is 0 Å². The van der Waals surface area contributed by atoms with E-state index in [1.54, 1.807) is 13.0 Å². The van der Waals surface area contributed by atoms with Crippen LogP contribution >= 0.6 is 0 Å². The molecule has 0 heterocycles. The fourth-order valence-corrected chi connectivity index (χ4v) is 2.35. The summed E-state index contributed by atoms with van der Waals surface area (Å²) in [5, 5.41) is 10.1. The van der Waals surface area contributed by atoms with Gasteiger partial charge in [-0.3, -0.25) is 4.90 Å². The SMILES string of the molecule is C/C=C/C(=O)OCCN(CCCCCC)CC(O)CCCC. The van der Waals surface area contributed by atoms with Gasteiger partial charge in [-0.15, -0.1) is 0 Å². The van der Waals surface area contributed by atoms with Gasteiger partial charge in [-0.25, -0.2) is 4.79 Å². The third-order valence-electron chi connectivity index (χ3n) is 3.64. The first kappa shape index (κ1) is 21.1. The van der Waals surface area contributed by atoms with Crippen LogP contribution in [0.5, 0.6) is 0 Å². The van der Waals surface area contributed by atoms with Gasteiger partial charge < -0.3 is 9.84 Å². The maximum absolute atomic E-state index is 11.3. The molecule has 0 aliphatic carbocycles. The van der Waals surface area contributed by atoms with Crippen LogP contribution in [-0.4, -0.2) is 48.3 Å². The molecule has 4 heteroatoms. The molecule has 0 aliphatic rings. The second-order valence-electron chi connectivity index (χ2n) is 5.82. The van der Waals surface area contributed by atoms with Crippen molar-refractivity contribution in [2.24, 2.45) is 0 Å². The van der Waals surface area contributed by atoms with Gasteiger partial charge >= 0.3 is 5.97 Å². The van der Waals surface area contributed by atoms with Crippen LogP contribution in [-0.2, 0) is 9.53 Å². The van der Waals surface area contributed by atoms with Crippen LogP contribution in [0.1, 0.15) is 65.7 Å². The number of ether oxygens (including phenoxy) is 1. The van der Waals surface area contributed by atoms with E-state index in [1.165, 1.54) is 25.3 Å². The summed E-state index contributed by atoms with van der Waals surface area (Å²) in [7, 11) is 0. The molecule has 1 atom stereocenters. The predicted molar refractivity (Wildman–Crippen MR) is 91.9 cm³/mol. The largest absolute Gasteiger partial charge is 0.461 e. The van der Waals surface area contributed by atoms with Gasteiger partial charge in [-0.1, -0.05) is 52.0 Å². The van der Waals surface area contributed by atoms with E-state index in [-0.39, 0.29) is 12.1 Å². The van der Waals surface area contributed by atoms with Crippen LogP contribution in [0, 0.1) is 0 Å². The molecule has 4 nitrogen and oxygen atoms in total. The Kier molecular flexibility index (Phi) is 14.4. The molecule has 130 valence electrons. The Bertz CT molecular complexity index is 292. The summed E-state index contributed by atoms with van der Waals surface area (Å²) >= 11 is 0. The van der Waals surface area contributed by atoms with Crippen molar-refractivity contribution in [1.29, 1.82) is 0 Å². The van der Waals surface area contributed by atoms with Gasteiger partial charge in [-0.05, 0) is 26.3 Å². The molecule has 1 N–H and O–H groups in total. The molecule has 1 unspecified atom stereocenters. The Balaban J connectivity index is 4.11. The van der Waals surface area contributed by atoms with Crippen molar-refractivity contribution in [1.82, 2.24) is 4.90 Å². The van der Waals surface area contributed by atoms with Gasteiger partial charge in [0, 0.05) is 19.2 Å². The van der Waals surface area contributed by atoms with Crippen molar-refractivity contribution < 1.29 is 14.6 Å². The quantitative estimate of drug-likeness (QED) is 0.303. The van der Waals surface area contributed by atoms with E-state index < -0.39 is 0 Å². The van der Waals surface area contributed by atoms with E-state index in [0.29, 0.717) is 19.7 Å². The van der Waals surface area contributed by atoms with Crippen molar-refractivity contribution in [2.75, 3.05) is 26.2 Å². The zero-order valence-corrected chi connectivity index (χ0v) is 14.7. The normalized spacial score (nSPS) is 13.0. The highest BCUT2D eigenvalue weighted by Gasteiger charge is 2.12. The van der Waals surface area contributed by atoms with Crippen molar-refractivity contribution in [2.45, 2.75) is 71.8 Å². The van der Waals surface area contributed by atoms with Crippen molar-refractivity contribution in [3.05, 3.63) is 12.2 Å². The standard InChI is InChI=1S/C18H35NO3/c1-4-7-9-10-13-19(16-17(20)12-8-5-2)14-15-22-18(21)11-6-3/h6,11,17,20H,4-5,7-10,12-16H2,1-3H3/b11-6+.